The molecule has 0 aliphatic rings. The zero-order chi connectivity index (χ0) is 9.56. The molecule has 12 heavy (non-hydrogen) atoms. The molecule has 0 amide bonds. The van der Waals surface area contributed by atoms with Crippen LogP contribution in [-0.4, -0.2) is 35.0 Å². The van der Waals surface area contributed by atoms with Crippen molar-refractivity contribution in [2.45, 2.75) is 38.9 Å². The van der Waals surface area contributed by atoms with Crippen LogP contribution in [0.15, 0.2) is 0 Å². The lowest BCUT2D eigenvalue weighted by Crippen LogP contribution is -2.23. The monoisotopic (exact) mass is 176 g/mol. The molecule has 0 aromatic rings. The largest absolute Gasteiger partial charge is 0.464 e. The standard InChI is InChI=1S/C8H16O4/c1-3-7(10)8(11)12-5-4-6(2)9/h6-7,9-10H,3-5H2,1-2H3/t6-,7-/m1/s1. The van der Waals surface area contributed by atoms with Crippen molar-refractivity contribution in [1.82, 2.24) is 0 Å². The van der Waals surface area contributed by atoms with Crippen LogP contribution in [0.4, 0.5) is 0 Å². The molecule has 0 radical (unpaired) electrons. The molecule has 0 bridgehead atoms. The van der Waals surface area contributed by atoms with E-state index in [1.54, 1.807) is 13.8 Å². The van der Waals surface area contributed by atoms with Crippen molar-refractivity contribution in [3.63, 3.8) is 0 Å². The lowest BCUT2D eigenvalue weighted by atomic mass is 10.3. The molecule has 0 aliphatic carbocycles. The first-order chi connectivity index (χ1) is 5.57. The van der Waals surface area contributed by atoms with Gasteiger partial charge >= 0.3 is 5.97 Å². The van der Waals surface area contributed by atoms with Gasteiger partial charge in [-0.3, -0.25) is 0 Å². The Balaban J connectivity index is 3.44. The van der Waals surface area contributed by atoms with Gasteiger partial charge in [0.1, 0.15) is 0 Å². The topological polar surface area (TPSA) is 66.8 Å². The number of esters is 1. The van der Waals surface area contributed by atoms with E-state index in [0.717, 1.165) is 0 Å². The number of hydrogen-bond acceptors (Lipinski definition) is 4. The number of hydrogen-bond donors (Lipinski definition) is 2. The van der Waals surface area contributed by atoms with E-state index in [-0.39, 0.29) is 6.61 Å². The third-order valence-corrected chi connectivity index (χ3v) is 1.44. The number of aliphatic hydroxyl groups excluding tert-OH is 2. The highest BCUT2D eigenvalue weighted by Crippen LogP contribution is 1.96. The molecule has 0 heterocycles. The fraction of sp³-hybridized carbons (Fsp3) is 0.875. The maximum atomic E-state index is 10.8. The molecule has 0 saturated heterocycles. The second-order valence-electron chi connectivity index (χ2n) is 2.73. The first-order valence-electron chi connectivity index (χ1n) is 4.10. The summed E-state index contributed by atoms with van der Waals surface area (Å²) >= 11 is 0. The van der Waals surface area contributed by atoms with Crippen LogP contribution in [0.5, 0.6) is 0 Å². The Bertz CT molecular complexity index is 133. The highest BCUT2D eigenvalue weighted by atomic mass is 16.5. The van der Waals surface area contributed by atoms with Crippen molar-refractivity contribution in [3.05, 3.63) is 0 Å². The average Bonchev–Trinajstić information content (AvgIpc) is 2.02. The normalized spacial score (nSPS) is 15.3. The van der Waals surface area contributed by atoms with Gasteiger partial charge in [0.15, 0.2) is 6.10 Å². The van der Waals surface area contributed by atoms with E-state index in [1.165, 1.54) is 0 Å². The van der Waals surface area contributed by atoms with E-state index in [2.05, 4.69) is 4.74 Å². The van der Waals surface area contributed by atoms with Gasteiger partial charge in [0, 0.05) is 6.42 Å². The summed E-state index contributed by atoms with van der Waals surface area (Å²) in [7, 11) is 0. The van der Waals surface area contributed by atoms with Crippen LogP contribution in [0.25, 0.3) is 0 Å². The molecule has 0 aromatic heterocycles. The van der Waals surface area contributed by atoms with Crippen LogP contribution in [0, 0.1) is 0 Å². The Morgan fingerprint density at radius 2 is 2.08 bits per heavy atom. The molecular formula is C8H16O4. The molecule has 2 N–H and O–H groups in total. The lowest BCUT2D eigenvalue weighted by Gasteiger charge is -2.09. The zero-order valence-electron chi connectivity index (χ0n) is 7.49. The molecule has 4 heteroatoms. The molecule has 0 rings (SSSR count). The van der Waals surface area contributed by atoms with Crippen molar-refractivity contribution >= 4 is 5.97 Å². The van der Waals surface area contributed by atoms with Gasteiger partial charge in [-0.1, -0.05) is 6.92 Å². The summed E-state index contributed by atoms with van der Waals surface area (Å²) in [5.41, 5.74) is 0. The maximum absolute atomic E-state index is 10.8. The SMILES string of the molecule is CC[C@@H](O)C(=O)OCC[C@@H](C)O. The number of rotatable bonds is 5. The number of ether oxygens (including phenoxy) is 1. The Labute approximate surface area is 72.2 Å². The van der Waals surface area contributed by atoms with Gasteiger partial charge in [0.2, 0.25) is 0 Å². The van der Waals surface area contributed by atoms with Gasteiger partial charge < -0.3 is 14.9 Å². The summed E-state index contributed by atoms with van der Waals surface area (Å²) in [6, 6.07) is 0. The summed E-state index contributed by atoms with van der Waals surface area (Å²) in [4.78, 5) is 10.8. The number of aliphatic hydroxyl groups is 2. The highest BCUT2D eigenvalue weighted by molar-refractivity contribution is 5.74. The lowest BCUT2D eigenvalue weighted by molar-refractivity contribution is -0.154. The Morgan fingerprint density at radius 1 is 1.50 bits per heavy atom. The summed E-state index contributed by atoms with van der Waals surface area (Å²) in [5.74, 6) is -0.613. The Morgan fingerprint density at radius 3 is 2.50 bits per heavy atom. The molecule has 0 unspecified atom stereocenters. The van der Waals surface area contributed by atoms with Gasteiger partial charge in [0.05, 0.1) is 12.7 Å². The smallest absolute Gasteiger partial charge is 0.334 e. The number of carbonyl (C=O) groups is 1. The molecule has 4 nitrogen and oxygen atoms in total. The Hall–Kier alpha value is -0.610. The van der Waals surface area contributed by atoms with Crippen molar-refractivity contribution in [2.24, 2.45) is 0 Å². The van der Waals surface area contributed by atoms with Gasteiger partial charge in [-0.15, -0.1) is 0 Å². The summed E-state index contributed by atoms with van der Waals surface area (Å²) in [6.45, 7) is 3.47. The van der Waals surface area contributed by atoms with Crippen LogP contribution in [0.2, 0.25) is 0 Å². The van der Waals surface area contributed by atoms with Gasteiger partial charge in [-0.25, -0.2) is 4.79 Å². The molecule has 0 saturated carbocycles. The zero-order valence-corrected chi connectivity index (χ0v) is 7.49. The van der Waals surface area contributed by atoms with Crippen molar-refractivity contribution in [1.29, 1.82) is 0 Å². The second-order valence-corrected chi connectivity index (χ2v) is 2.73. The predicted octanol–water partition coefficient (Wildman–Crippen LogP) is 0.0714. The van der Waals surface area contributed by atoms with E-state index in [1.807, 2.05) is 0 Å². The summed E-state index contributed by atoms with van der Waals surface area (Å²) in [6.07, 6.45) is -0.744. The molecule has 0 fully saturated rings. The third-order valence-electron chi connectivity index (χ3n) is 1.44. The minimum atomic E-state index is -1.03. The van der Waals surface area contributed by atoms with E-state index in [0.29, 0.717) is 12.8 Å². The van der Waals surface area contributed by atoms with Crippen LogP contribution < -0.4 is 0 Å². The number of carbonyl (C=O) groups excluding carboxylic acids is 1. The highest BCUT2D eigenvalue weighted by Gasteiger charge is 2.13. The quantitative estimate of drug-likeness (QED) is 0.582. The van der Waals surface area contributed by atoms with Crippen molar-refractivity contribution in [2.75, 3.05) is 6.61 Å². The average molecular weight is 176 g/mol. The summed E-state index contributed by atoms with van der Waals surface area (Å²) in [5, 5.41) is 17.8. The molecule has 2 atom stereocenters. The molecule has 0 spiro atoms. The van der Waals surface area contributed by atoms with Crippen LogP contribution in [0.3, 0.4) is 0 Å². The summed E-state index contributed by atoms with van der Waals surface area (Å²) < 4.78 is 4.66. The van der Waals surface area contributed by atoms with Gasteiger partial charge in [-0.05, 0) is 13.3 Å². The maximum Gasteiger partial charge on any atom is 0.334 e. The second kappa shape index (κ2) is 5.97. The van der Waals surface area contributed by atoms with Gasteiger partial charge in [0.25, 0.3) is 0 Å². The first-order valence-corrected chi connectivity index (χ1v) is 4.10. The minimum Gasteiger partial charge on any atom is -0.464 e. The van der Waals surface area contributed by atoms with Crippen LogP contribution in [-0.2, 0) is 9.53 Å². The third kappa shape index (κ3) is 5.09. The molecular weight excluding hydrogens is 160 g/mol. The van der Waals surface area contributed by atoms with E-state index in [9.17, 15) is 4.79 Å². The van der Waals surface area contributed by atoms with E-state index in [4.69, 9.17) is 10.2 Å². The van der Waals surface area contributed by atoms with Crippen LogP contribution >= 0.6 is 0 Å². The molecule has 0 aliphatic heterocycles. The fourth-order valence-corrected chi connectivity index (χ4v) is 0.593. The Kier molecular flexibility index (Phi) is 5.66. The van der Waals surface area contributed by atoms with Gasteiger partial charge in [-0.2, -0.15) is 0 Å². The minimum absolute atomic E-state index is 0.160. The first kappa shape index (κ1) is 11.4. The molecule has 0 aromatic carbocycles. The van der Waals surface area contributed by atoms with Crippen molar-refractivity contribution in [3.8, 4) is 0 Å². The predicted molar refractivity (Wildman–Crippen MR) is 43.6 cm³/mol. The van der Waals surface area contributed by atoms with Crippen LogP contribution in [0.1, 0.15) is 26.7 Å². The van der Waals surface area contributed by atoms with Crippen molar-refractivity contribution < 1.29 is 19.7 Å². The fourth-order valence-electron chi connectivity index (χ4n) is 0.593. The van der Waals surface area contributed by atoms with E-state index >= 15 is 0 Å². The molecule has 72 valence electrons. The van der Waals surface area contributed by atoms with E-state index < -0.39 is 18.2 Å².